The van der Waals surface area contributed by atoms with Crippen LogP contribution in [0.5, 0.6) is 0 Å². The molecule has 0 amide bonds. The summed E-state index contributed by atoms with van der Waals surface area (Å²) < 4.78 is 28.5. The predicted octanol–water partition coefficient (Wildman–Crippen LogP) is 0.252. The van der Waals surface area contributed by atoms with E-state index in [1.807, 2.05) is 6.92 Å². The van der Waals surface area contributed by atoms with Crippen LogP contribution in [0.1, 0.15) is 25.0 Å². The fourth-order valence-corrected chi connectivity index (χ4v) is 4.20. The van der Waals surface area contributed by atoms with Crippen LogP contribution in [0, 0.1) is 0 Å². The highest BCUT2D eigenvalue weighted by Gasteiger charge is 2.42. The smallest absolute Gasteiger partial charge is 0.195 e. The first-order chi connectivity index (χ1) is 7.45. The standard InChI is InChI=1S/C10H16N2O3S/c1-10(3-5-16(13,14)7-10)8-6-12-9(15-8)2-4-11/h6H,2-5,7,11H2,1H3. The summed E-state index contributed by atoms with van der Waals surface area (Å²) in [5.41, 5.74) is 4.99. The number of aromatic nitrogens is 1. The quantitative estimate of drug-likeness (QED) is 0.823. The van der Waals surface area contributed by atoms with E-state index in [-0.39, 0.29) is 11.5 Å². The van der Waals surface area contributed by atoms with Crippen molar-refractivity contribution < 1.29 is 12.8 Å². The lowest BCUT2D eigenvalue weighted by Gasteiger charge is -2.17. The SMILES string of the molecule is CC1(c2cnc(CCN)o2)CCS(=O)(=O)C1. The summed E-state index contributed by atoms with van der Waals surface area (Å²) in [6, 6.07) is 0. The van der Waals surface area contributed by atoms with Crippen molar-refractivity contribution in [3.05, 3.63) is 17.8 Å². The zero-order chi connectivity index (χ0) is 11.8. The van der Waals surface area contributed by atoms with Gasteiger partial charge in [0.2, 0.25) is 0 Å². The van der Waals surface area contributed by atoms with Gasteiger partial charge in [-0.15, -0.1) is 0 Å². The molecule has 0 aliphatic carbocycles. The molecule has 6 heteroatoms. The topological polar surface area (TPSA) is 86.2 Å². The van der Waals surface area contributed by atoms with E-state index in [1.165, 1.54) is 0 Å². The summed E-state index contributed by atoms with van der Waals surface area (Å²) in [5.74, 6) is 1.63. The highest BCUT2D eigenvalue weighted by atomic mass is 32.2. The van der Waals surface area contributed by atoms with Gasteiger partial charge in [-0.1, -0.05) is 6.92 Å². The summed E-state index contributed by atoms with van der Waals surface area (Å²) in [5, 5.41) is 0. The number of sulfone groups is 1. The summed E-state index contributed by atoms with van der Waals surface area (Å²) in [4.78, 5) is 4.10. The Morgan fingerprint density at radius 3 is 2.94 bits per heavy atom. The van der Waals surface area contributed by atoms with Gasteiger partial charge in [0.05, 0.1) is 17.7 Å². The zero-order valence-corrected chi connectivity index (χ0v) is 10.1. The van der Waals surface area contributed by atoms with Crippen molar-refractivity contribution in [1.82, 2.24) is 4.98 Å². The second kappa shape index (κ2) is 3.85. The van der Waals surface area contributed by atoms with E-state index in [4.69, 9.17) is 10.2 Å². The molecule has 2 rings (SSSR count). The van der Waals surface area contributed by atoms with E-state index in [1.54, 1.807) is 6.20 Å². The van der Waals surface area contributed by atoms with Crippen molar-refractivity contribution in [2.45, 2.75) is 25.2 Å². The predicted molar refractivity (Wildman–Crippen MR) is 59.9 cm³/mol. The van der Waals surface area contributed by atoms with Crippen LogP contribution in [0.3, 0.4) is 0 Å². The molecule has 2 N–H and O–H groups in total. The Bertz CT molecular complexity index is 480. The highest BCUT2D eigenvalue weighted by Crippen LogP contribution is 2.35. The third-order valence-corrected chi connectivity index (χ3v) is 4.91. The lowest BCUT2D eigenvalue weighted by molar-refractivity contribution is 0.368. The maximum atomic E-state index is 11.5. The molecule has 1 fully saturated rings. The molecule has 1 saturated heterocycles. The summed E-state index contributed by atoms with van der Waals surface area (Å²) in [7, 11) is -2.92. The van der Waals surface area contributed by atoms with E-state index < -0.39 is 15.3 Å². The molecule has 1 aliphatic rings. The molecule has 16 heavy (non-hydrogen) atoms. The second-order valence-corrected chi connectivity index (χ2v) is 6.74. The minimum Gasteiger partial charge on any atom is -0.445 e. The van der Waals surface area contributed by atoms with Crippen LogP contribution in [0.15, 0.2) is 10.6 Å². The van der Waals surface area contributed by atoms with E-state index in [0.717, 1.165) is 0 Å². The van der Waals surface area contributed by atoms with Crippen LogP contribution in [0.25, 0.3) is 0 Å². The Balaban J connectivity index is 2.23. The van der Waals surface area contributed by atoms with Gasteiger partial charge in [-0.3, -0.25) is 0 Å². The van der Waals surface area contributed by atoms with Gasteiger partial charge in [0.25, 0.3) is 0 Å². The first kappa shape index (κ1) is 11.6. The summed E-state index contributed by atoms with van der Waals surface area (Å²) in [6.45, 7) is 2.39. The Hall–Kier alpha value is -0.880. The van der Waals surface area contributed by atoms with Crippen molar-refractivity contribution in [2.24, 2.45) is 5.73 Å². The molecule has 1 aliphatic heterocycles. The highest BCUT2D eigenvalue weighted by molar-refractivity contribution is 7.91. The third-order valence-electron chi connectivity index (χ3n) is 3.01. The minimum absolute atomic E-state index is 0.150. The molecule has 5 nitrogen and oxygen atoms in total. The number of hydrogen-bond acceptors (Lipinski definition) is 5. The van der Waals surface area contributed by atoms with Crippen LogP contribution in [-0.2, 0) is 21.7 Å². The molecule has 1 atom stereocenters. The first-order valence-corrected chi connectivity index (χ1v) is 7.13. The third kappa shape index (κ3) is 2.12. The molecular formula is C10H16N2O3S. The van der Waals surface area contributed by atoms with Crippen molar-refractivity contribution in [3.63, 3.8) is 0 Å². The van der Waals surface area contributed by atoms with E-state index in [0.29, 0.717) is 31.0 Å². The van der Waals surface area contributed by atoms with Gasteiger partial charge in [-0.2, -0.15) is 0 Å². The van der Waals surface area contributed by atoms with Crippen molar-refractivity contribution in [1.29, 1.82) is 0 Å². The largest absolute Gasteiger partial charge is 0.445 e. The van der Waals surface area contributed by atoms with Gasteiger partial charge in [0.1, 0.15) is 5.76 Å². The monoisotopic (exact) mass is 244 g/mol. The molecule has 1 aromatic rings. The fourth-order valence-electron chi connectivity index (χ4n) is 2.03. The summed E-state index contributed by atoms with van der Waals surface area (Å²) >= 11 is 0. The van der Waals surface area contributed by atoms with Crippen LogP contribution >= 0.6 is 0 Å². The molecule has 90 valence electrons. The van der Waals surface area contributed by atoms with Gasteiger partial charge in [-0.05, 0) is 6.42 Å². The van der Waals surface area contributed by atoms with Crippen molar-refractivity contribution >= 4 is 9.84 Å². The Labute approximate surface area is 95.0 Å². The second-order valence-electron chi connectivity index (χ2n) is 4.56. The average molecular weight is 244 g/mol. The van der Waals surface area contributed by atoms with Gasteiger partial charge < -0.3 is 10.2 Å². The van der Waals surface area contributed by atoms with Crippen LogP contribution in [0.4, 0.5) is 0 Å². The first-order valence-electron chi connectivity index (χ1n) is 5.31. The van der Waals surface area contributed by atoms with Crippen LogP contribution in [-0.4, -0.2) is 31.5 Å². The van der Waals surface area contributed by atoms with E-state index >= 15 is 0 Å². The Kier molecular flexibility index (Phi) is 2.79. The lowest BCUT2D eigenvalue weighted by Crippen LogP contribution is -2.22. The van der Waals surface area contributed by atoms with Crippen LogP contribution in [0.2, 0.25) is 0 Å². The number of hydrogen-bond donors (Lipinski definition) is 1. The molecule has 0 bridgehead atoms. The van der Waals surface area contributed by atoms with Crippen LogP contribution < -0.4 is 5.73 Å². The average Bonchev–Trinajstić information content (AvgIpc) is 2.73. The van der Waals surface area contributed by atoms with Gasteiger partial charge >= 0.3 is 0 Å². The van der Waals surface area contributed by atoms with Gasteiger partial charge in [-0.25, -0.2) is 13.4 Å². The number of oxazole rings is 1. The molecular weight excluding hydrogens is 228 g/mol. The van der Waals surface area contributed by atoms with E-state index in [2.05, 4.69) is 4.98 Å². The van der Waals surface area contributed by atoms with Crippen molar-refractivity contribution in [3.8, 4) is 0 Å². The molecule has 0 radical (unpaired) electrons. The maximum Gasteiger partial charge on any atom is 0.195 e. The Morgan fingerprint density at radius 2 is 2.38 bits per heavy atom. The maximum absolute atomic E-state index is 11.5. The van der Waals surface area contributed by atoms with Gasteiger partial charge in [0.15, 0.2) is 15.7 Å². The molecule has 0 spiro atoms. The summed E-state index contributed by atoms with van der Waals surface area (Å²) in [6.07, 6.45) is 2.82. The molecule has 1 aromatic heterocycles. The molecule has 0 aromatic carbocycles. The lowest BCUT2D eigenvalue weighted by atomic mass is 9.88. The Morgan fingerprint density at radius 1 is 1.62 bits per heavy atom. The van der Waals surface area contributed by atoms with E-state index in [9.17, 15) is 8.42 Å². The number of rotatable bonds is 3. The van der Waals surface area contributed by atoms with Crippen molar-refractivity contribution in [2.75, 3.05) is 18.1 Å². The number of nitrogens with zero attached hydrogens (tertiary/aromatic N) is 1. The van der Waals surface area contributed by atoms with Gasteiger partial charge in [0, 0.05) is 18.4 Å². The minimum atomic E-state index is -2.92. The molecule has 1 unspecified atom stereocenters. The normalized spacial score (nSPS) is 28.4. The molecule has 0 saturated carbocycles. The number of nitrogens with two attached hydrogens (primary N) is 1. The zero-order valence-electron chi connectivity index (χ0n) is 9.27. The molecule has 2 heterocycles. The fraction of sp³-hybridized carbons (Fsp3) is 0.700.